The van der Waals surface area contributed by atoms with Crippen LogP contribution in [-0.2, 0) is 40.9 Å². The van der Waals surface area contributed by atoms with Gasteiger partial charge in [-0.1, -0.05) is 0 Å². The molecule has 0 saturated heterocycles. The van der Waals surface area contributed by atoms with Crippen LogP contribution in [0.1, 0.15) is 27.7 Å². The number of rotatable bonds is 1. The fourth-order valence-corrected chi connectivity index (χ4v) is 0. The third kappa shape index (κ3) is 20400. The van der Waals surface area contributed by atoms with Crippen molar-refractivity contribution in [3.8, 4) is 0 Å². The fraction of sp³-hybridized carbons (Fsp3) is 0.600. The van der Waals surface area contributed by atoms with E-state index in [1.54, 1.807) is 0 Å². The van der Waals surface area contributed by atoms with E-state index in [1.165, 1.54) is 0 Å². The summed E-state index contributed by atoms with van der Waals surface area (Å²) >= 11 is 0. The summed E-state index contributed by atoms with van der Waals surface area (Å²) in [5.74, 6) is -3.33. The largest absolute Gasteiger partial charge is 0.481 e. The third-order valence-electron chi connectivity index (χ3n) is 0.167. The van der Waals surface area contributed by atoms with E-state index >= 15 is 0 Å². The Morgan fingerprint density at radius 1 is 0.636 bits per heavy atom. The zero-order valence-corrected chi connectivity index (χ0v) is 14.8. The van der Waals surface area contributed by atoms with Gasteiger partial charge < -0.3 is 38.0 Å². The van der Waals surface area contributed by atoms with Gasteiger partial charge in [-0.2, -0.15) is 0 Å². The molecule has 0 saturated carbocycles. The van der Waals surface area contributed by atoms with Crippen molar-refractivity contribution in [3.63, 3.8) is 0 Å². The van der Waals surface area contributed by atoms with Crippen LogP contribution in [0.2, 0.25) is 0 Å². The van der Waals surface area contributed by atoms with Crippen LogP contribution < -0.4 is 17.6 Å². The van der Waals surface area contributed by atoms with Crippen LogP contribution in [0, 0.1) is 0 Å². The molecule has 11 N–H and O–H groups in total. The van der Waals surface area contributed by atoms with E-state index in [9.17, 15) is 0 Å². The van der Waals surface area contributed by atoms with Gasteiger partial charge in [-0.15, -0.1) is 0 Å². The van der Waals surface area contributed by atoms with Crippen molar-refractivity contribution in [3.05, 3.63) is 0 Å². The van der Waals surface area contributed by atoms with E-state index in [0.29, 0.717) is 13.1 Å². The average Bonchev–Trinajstić information content (AvgIpc) is 2.13. The minimum absolute atomic E-state index is 0. The van der Waals surface area contributed by atoms with Crippen LogP contribution in [-0.4, -0.2) is 57.4 Å². The minimum Gasteiger partial charge on any atom is -0.481 e. The van der Waals surface area contributed by atoms with Gasteiger partial charge in [-0.05, 0) is 0 Å². The SMILES string of the molecule is CC(=O)O.CC(=O)O.CC(=O)O.CC(=O)O.N.NCCN.[Ti]. The van der Waals surface area contributed by atoms with Crippen LogP contribution in [0.5, 0.6) is 0 Å². The predicted molar refractivity (Wildman–Crippen MR) is 76.4 cm³/mol. The van der Waals surface area contributed by atoms with Crippen molar-refractivity contribution in [2.24, 2.45) is 11.5 Å². The van der Waals surface area contributed by atoms with Crippen molar-refractivity contribution >= 4 is 23.9 Å². The van der Waals surface area contributed by atoms with Gasteiger partial charge in [0.1, 0.15) is 0 Å². The first-order valence-corrected chi connectivity index (χ1v) is 5.03. The van der Waals surface area contributed by atoms with Crippen molar-refractivity contribution in [1.29, 1.82) is 0 Å². The summed E-state index contributed by atoms with van der Waals surface area (Å²) < 4.78 is 0. The molecule has 0 aliphatic carbocycles. The maximum Gasteiger partial charge on any atom is 0.300 e. The Kier molecular flexibility index (Phi) is 83.0. The second-order valence-corrected chi connectivity index (χ2v) is 2.65. The van der Waals surface area contributed by atoms with Crippen LogP contribution in [0.25, 0.3) is 0 Å². The quantitative estimate of drug-likeness (QED) is 0.290. The minimum atomic E-state index is -0.833. The van der Waals surface area contributed by atoms with Crippen molar-refractivity contribution in [1.82, 2.24) is 6.15 Å². The van der Waals surface area contributed by atoms with Gasteiger partial charge in [-0.25, -0.2) is 0 Å². The molecule has 0 aromatic carbocycles. The Labute approximate surface area is 144 Å². The van der Waals surface area contributed by atoms with E-state index in [2.05, 4.69) is 0 Å². The van der Waals surface area contributed by atoms with Crippen molar-refractivity contribution in [2.45, 2.75) is 27.7 Å². The maximum atomic E-state index is 9.00. The number of nitrogens with two attached hydrogens (primary N) is 2. The summed E-state index contributed by atoms with van der Waals surface area (Å²) in [6, 6.07) is 0. The molecule has 0 atom stereocenters. The topological polar surface area (TPSA) is 236 Å². The molecule has 0 aliphatic heterocycles. The van der Waals surface area contributed by atoms with E-state index in [0.717, 1.165) is 27.7 Å². The Morgan fingerprint density at radius 2 is 0.682 bits per heavy atom. The normalized spacial score (nSPS) is 5.91. The summed E-state index contributed by atoms with van der Waals surface area (Å²) in [4.78, 5) is 36.0. The second kappa shape index (κ2) is 42.7. The molecule has 0 unspecified atom stereocenters. The molecular formula is C10H27N3O8Ti. The molecule has 12 heteroatoms. The number of hydrogen-bond donors (Lipinski definition) is 7. The van der Waals surface area contributed by atoms with Crippen molar-refractivity contribution in [2.75, 3.05) is 13.1 Å². The first-order chi connectivity index (χ1) is 8.84. The molecular weight excluding hydrogens is 338 g/mol. The molecule has 0 rings (SSSR count). The number of carboxylic acid groups (broad SMARTS) is 4. The number of aliphatic carboxylic acids is 4. The first-order valence-electron chi connectivity index (χ1n) is 5.03. The van der Waals surface area contributed by atoms with Gasteiger partial charge in [0.05, 0.1) is 0 Å². The van der Waals surface area contributed by atoms with Crippen LogP contribution >= 0.6 is 0 Å². The standard InChI is InChI=1S/C2H8N2.4C2H4O2.H3N.Ti/c3-1-2-4;4*1-2(3)4;;/h1-4H2;4*1H3,(H,3,4);1H3;. The van der Waals surface area contributed by atoms with Crippen LogP contribution in [0.4, 0.5) is 0 Å². The van der Waals surface area contributed by atoms with E-state index in [1.807, 2.05) is 0 Å². The van der Waals surface area contributed by atoms with Gasteiger partial charge in [0, 0.05) is 62.5 Å². The Bertz CT molecular complexity index is 199. The van der Waals surface area contributed by atoms with E-state index in [4.69, 9.17) is 51.1 Å². The zero-order chi connectivity index (χ0) is 17.7. The number of carboxylic acids is 4. The first kappa shape index (κ1) is 42.8. The molecule has 0 heterocycles. The van der Waals surface area contributed by atoms with Gasteiger partial charge in [0.25, 0.3) is 23.9 Å². The molecule has 0 amide bonds. The van der Waals surface area contributed by atoms with E-state index in [-0.39, 0.29) is 27.9 Å². The van der Waals surface area contributed by atoms with Crippen LogP contribution in [0.15, 0.2) is 0 Å². The molecule has 0 aromatic rings. The van der Waals surface area contributed by atoms with Gasteiger partial charge in [0.15, 0.2) is 0 Å². The zero-order valence-electron chi connectivity index (χ0n) is 13.2. The predicted octanol–water partition coefficient (Wildman–Crippen LogP) is -0.573. The number of carbonyl (C=O) groups is 4. The summed E-state index contributed by atoms with van der Waals surface area (Å²) in [6.45, 7) is 5.53. The summed E-state index contributed by atoms with van der Waals surface area (Å²) in [7, 11) is 0. The van der Waals surface area contributed by atoms with Crippen LogP contribution in [0.3, 0.4) is 0 Å². The summed E-state index contributed by atoms with van der Waals surface area (Å²) in [5, 5.41) is 29.7. The molecule has 0 radical (unpaired) electrons. The number of hydrogen-bond acceptors (Lipinski definition) is 7. The Balaban J connectivity index is -0.0000000250. The van der Waals surface area contributed by atoms with Gasteiger partial charge >= 0.3 is 0 Å². The Morgan fingerprint density at radius 3 is 0.682 bits per heavy atom. The van der Waals surface area contributed by atoms with E-state index < -0.39 is 23.9 Å². The maximum absolute atomic E-state index is 9.00. The summed E-state index contributed by atoms with van der Waals surface area (Å²) in [6.07, 6.45) is 0. The molecule has 0 aliphatic rings. The molecule has 0 fully saturated rings. The third-order valence-corrected chi connectivity index (χ3v) is 0.167. The second-order valence-electron chi connectivity index (χ2n) is 2.65. The molecule has 134 valence electrons. The Hall–Kier alpha value is -1.53. The molecule has 0 bridgehead atoms. The van der Waals surface area contributed by atoms with Crippen molar-refractivity contribution < 1.29 is 61.3 Å². The molecule has 11 nitrogen and oxygen atoms in total. The molecule has 0 aromatic heterocycles. The van der Waals surface area contributed by atoms with Gasteiger partial charge in [0.2, 0.25) is 0 Å². The monoisotopic (exact) mass is 365 g/mol. The average molecular weight is 365 g/mol. The summed E-state index contributed by atoms with van der Waals surface area (Å²) in [5.41, 5.74) is 9.81. The fourth-order valence-electron chi connectivity index (χ4n) is 0. The smallest absolute Gasteiger partial charge is 0.300 e. The van der Waals surface area contributed by atoms with Gasteiger partial charge in [-0.3, -0.25) is 19.2 Å². The molecule has 0 spiro atoms. The molecule has 22 heavy (non-hydrogen) atoms.